The maximum absolute atomic E-state index is 10.5. The van der Waals surface area contributed by atoms with Crippen molar-refractivity contribution in [3.05, 3.63) is 0 Å². The van der Waals surface area contributed by atoms with Gasteiger partial charge in [0.15, 0.2) is 18.9 Å². The van der Waals surface area contributed by atoms with Gasteiger partial charge < -0.3 is 157 Å². The van der Waals surface area contributed by atoms with Crippen LogP contribution in [0.25, 0.3) is 0 Å². The summed E-state index contributed by atoms with van der Waals surface area (Å²) in [6.07, 6.45) is -37.8. The minimum absolute atomic E-state index is 0. The highest BCUT2D eigenvalue weighted by atomic mass is 16.8. The molecule has 0 unspecified atom stereocenters. The molecule has 4 heterocycles. The summed E-state index contributed by atoms with van der Waals surface area (Å²) in [4.78, 5) is 0. The molecule has 0 spiro atoms. The van der Waals surface area contributed by atoms with Crippen LogP contribution in [0.1, 0.15) is 0 Å². The standard InChI is InChI=1S/C24H42O21.C6H14O6.4H2O/c25-1-6-10(28)14(32)17(35)21(41-6)39-3-8-11(29)15(33)18(36)22(42-8)40-4-9-12(30)16(34)19(37)23(43-9)45-24(5-27)20(38)13(31)7(2-26)44-24;7-1-3(9)5(11)6(12)4(10)2-8;;;;/h6-23,25-38H,1-5H2;3-12H,1-2H2;4*1H2/t6-,7-,8-,9-,10+,11+,12-,13-,14+,15+,16+,17-,18-,19-,20+,21+,22+,23-,24+;3-,4-,5-,6-;;;;/m11..../s1. The summed E-state index contributed by atoms with van der Waals surface area (Å²) in [6.45, 7) is -5.47. The van der Waals surface area contributed by atoms with E-state index < -0.39 is 187 Å². The fourth-order valence-electron chi connectivity index (χ4n) is 6.07. The smallest absolute Gasteiger partial charge is 0.224 e. The van der Waals surface area contributed by atoms with Gasteiger partial charge in [0.05, 0.1) is 39.6 Å². The monoisotopic (exact) mass is 920 g/mol. The van der Waals surface area contributed by atoms with Gasteiger partial charge in [0.1, 0.15) is 123 Å². The summed E-state index contributed by atoms with van der Waals surface area (Å²) in [5.41, 5.74) is 0. The molecule has 31 nitrogen and oxygen atoms in total. The quantitative estimate of drug-likeness (QED) is 0.0683. The fourth-order valence-corrected chi connectivity index (χ4v) is 6.07. The maximum atomic E-state index is 10.5. The topological polar surface area (TPSA) is 595 Å². The van der Waals surface area contributed by atoms with E-state index in [-0.39, 0.29) is 21.9 Å². The molecule has 370 valence electrons. The van der Waals surface area contributed by atoms with Crippen molar-refractivity contribution in [1.29, 1.82) is 0 Å². The van der Waals surface area contributed by atoms with Crippen LogP contribution in [0.3, 0.4) is 0 Å². The van der Waals surface area contributed by atoms with Gasteiger partial charge in [-0.3, -0.25) is 0 Å². The first-order valence-corrected chi connectivity index (χ1v) is 17.6. The second-order valence-electron chi connectivity index (χ2n) is 13.7. The van der Waals surface area contributed by atoms with Gasteiger partial charge in [0.25, 0.3) is 0 Å². The number of aliphatic hydroxyl groups is 20. The Morgan fingerprint density at radius 1 is 0.426 bits per heavy atom. The van der Waals surface area contributed by atoms with Gasteiger partial charge >= 0.3 is 0 Å². The minimum atomic E-state index is -2.43. The van der Waals surface area contributed by atoms with Gasteiger partial charge in [-0.05, 0) is 0 Å². The molecule has 0 bridgehead atoms. The number of hydrogen-bond acceptors (Lipinski definition) is 27. The zero-order chi connectivity index (χ0) is 43.1. The van der Waals surface area contributed by atoms with Crippen molar-refractivity contribution in [3.8, 4) is 0 Å². The Kier molecular flexibility index (Phi) is 27.7. The van der Waals surface area contributed by atoms with E-state index in [0.717, 1.165) is 0 Å². The van der Waals surface area contributed by atoms with E-state index in [9.17, 15) is 71.5 Å². The van der Waals surface area contributed by atoms with Crippen LogP contribution >= 0.6 is 0 Å². The maximum Gasteiger partial charge on any atom is 0.224 e. The Morgan fingerprint density at radius 2 is 0.770 bits per heavy atom. The van der Waals surface area contributed by atoms with E-state index >= 15 is 0 Å². The molecule has 0 saturated carbocycles. The van der Waals surface area contributed by atoms with Gasteiger partial charge in [-0.2, -0.15) is 0 Å². The van der Waals surface area contributed by atoms with E-state index in [0.29, 0.717) is 0 Å². The molecule has 4 saturated heterocycles. The molecule has 0 radical (unpaired) electrons. The molecule has 0 aliphatic carbocycles. The van der Waals surface area contributed by atoms with Crippen molar-refractivity contribution >= 4 is 0 Å². The summed E-state index contributed by atoms with van der Waals surface area (Å²) in [6, 6.07) is 0. The van der Waals surface area contributed by atoms with Crippen molar-refractivity contribution < 1.29 is 157 Å². The first kappa shape index (κ1) is 61.8. The minimum Gasteiger partial charge on any atom is -0.412 e. The van der Waals surface area contributed by atoms with Crippen molar-refractivity contribution in [3.63, 3.8) is 0 Å². The van der Waals surface area contributed by atoms with Crippen molar-refractivity contribution in [1.82, 2.24) is 0 Å². The Bertz CT molecular complexity index is 1150. The third-order valence-corrected chi connectivity index (χ3v) is 9.77. The number of rotatable bonds is 16. The SMILES string of the molecule is O.O.O.O.OC[C@@H](O)[C@@H](O)[C@H](O)[C@H](O)CO.OC[C@H]1O[C@H](OC[C@H]2O[C@H](OC[C@H]3O[C@H](O[C@]4(CO)O[C@H](CO)[C@@H](O)[C@@H]4O)[C@H](O)[C@@H](O)[C@@H]3O)[C@H](O)[C@@H](O)[C@H]2O)[C@H](O)[C@@H](O)[C@H]1O. The highest BCUT2D eigenvalue weighted by Gasteiger charge is 2.58. The molecule has 4 fully saturated rings. The lowest BCUT2D eigenvalue weighted by atomic mass is 9.98. The second-order valence-corrected chi connectivity index (χ2v) is 13.7. The average molecular weight is 921 g/mol. The molecule has 4 aliphatic rings. The Balaban J connectivity index is 0. The van der Waals surface area contributed by atoms with Gasteiger partial charge in [-0.15, -0.1) is 0 Å². The number of ether oxygens (including phenoxy) is 7. The molecule has 0 amide bonds. The lowest BCUT2D eigenvalue weighted by Crippen LogP contribution is -2.64. The van der Waals surface area contributed by atoms with E-state index in [1.54, 1.807) is 0 Å². The van der Waals surface area contributed by atoms with Crippen molar-refractivity contribution in [2.75, 3.05) is 46.2 Å². The molecule has 0 aromatic carbocycles. The molecule has 28 N–H and O–H groups in total. The van der Waals surface area contributed by atoms with Gasteiger partial charge in [0.2, 0.25) is 5.79 Å². The lowest BCUT2D eigenvalue weighted by Gasteiger charge is -2.45. The van der Waals surface area contributed by atoms with Crippen LogP contribution in [0.5, 0.6) is 0 Å². The molecule has 0 aromatic rings. The molecule has 4 aliphatic heterocycles. The molecule has 4 rings (SSSR count). The number of aliphatic hydroxyl groups excluding tert-OH is 20. The fraction of sp³-hybridized carbons (Fsp3) is 1.00. The lowest BCUT2D eigenvalue weighted by molar-refractivity contribution is -0.388. The average Bonchev–Trinajstić information content (AvgIpc) is 3.46. The highest BCUT2D eigenvalue weighted by molar-refractivity contribution is 4.99. The van der Waals surface area contributed by atoms with Crippen molar-refractivity contribution in [2.45, 2.75) is 141 Å². The molecule has 0 aromatic heterocycles. The summed E-state index contributed by atoms with van der Waals surface area (Å²) in [5.74, 6) is -2.43. The zero-order valence-electron chi connectivity index (χ0n) is 32.0. The van der Waals surface area contributed by atoms with E-state index in [1.807, 2.05) is 0 Å². The summed E-state index contributed by atoms with van der Waals surface area (Å²) < 4.78 is 37.6. The molecule has 23 atom stereocenters. The van der Waals surface area contributed by atoms with Crippen molar-refractivity contribution in [2.24, 2.45) is 0 Å². The predicted octanol–water partition coefficient (Wildman–Crippen LogP) is -16.6. The van der Waals surface area contributed by atoms with E-state index in [4.69, 9.17) is 63.8 Å². The van der Waals surface area contributed by atoms with Crippen LogP contribution in [-0.2, 0) is 33.2 Å². The van der Waals surface area contributed by atoms with Crippen LogP contribution in [0.2, 0.25) is 0 Å². The molecular formula is C30H64O31. The first-order chi connectivity index (χ1) is 26.7. The zero-order valence-corrected chi connectivity index (χ0v) is 32.0. The molecule has 31 heteroatoms. The van der Waals surface area contributed by atoms with E-state index in [1.165, 1.54) is 0 Å². The third kappa shape index (κ3) is 14.1. The highest BCUT2D eigenvalue weighted by Crippen LogP contribution is 2.36. The predicted molar refractivity (Wildman–Crippen MR) is 187 cm³/mol. The largest absolute Gasteiger partial charge is 0.412 e. The van der Waals surface area contributed by atoms with Crippen LogP contribution < -0.4 is 0 Å². The Labute approximate surface area is 344 Å². The van der Waals surface area contributed by atoms with Gasteiger partial charge in [-0.25, -0.2) is 0 Å². The van der Waals surface area contributed by atoms with Gasteiger partial charge in [-0.1, -0.05) is 0 Å². The third-order valence-electron chi connectivity index (χ3n) is 9.77. The van der Waals surface area contributed by atoms with Crippen LogP contribution in [-0.4, -0.2) is 311 Å². The normalized spacial score (nSPS) is 43.1. The summed E-state index contributed by atoms with van der Waals surface area (Å²) in [5, 5.41) is 194. The van der Waals surface area contributed by atoms with Crippen LogP contribution in [0, 0.1) is 0 Å². The molecule has 61 heavy (non-hydrogen) atoms. The first-order valence-electron chi connectivity index (χ1n) is 17.6. The summed E-state index contributed by atoms with van der Waals surface area (Å²) in [7, 11) is 0. The second kappa shape index (κ2) is 27.3. The Hall–Kier alpha value is -1.24. The Morgan fingerprint density at radius 3 is 1.11 bits per heavy atom. The summed E-state index contributed by atoms with van der Waals surface area (Å²) >= 11 is 0. The van der Waals surface area contributed by atoms with Gasteiger partial charge in [0, 0.05) is 0 Å². The van der Waals surface area contributed by atoms with Crippen LogP contribution in [0.4, 0.5) is 0 Å². The number of hydrogen-bond donors (Lipinski definition) is 20. The van der Waals surface area contributed by atoms with Crippen LogP contribution in [0.15, 0.2) is 0 Å². The van der Waals surface area contributed by atoms with E-state index in [2.05, 4.69) is 0 Å². The molecular weight excluding hydrogens is 856 g/mol.